The summed E-state index contributed by atoms with van der Waals surface area (Å²) in [5, 5.41) is 0. The first-order chi connectivity index (χ1) is 6.07. The van der Waals surface area contributed by atoms with Crippen molar-refractivity contribution in [3.8, 4) is 0 Å². The SMILES string of the molecule is CCOC(=O)C(C)C=NCC(C)C. The number of hydrogen-bond acceptors (Lipinski definition) is 3. The normalized spacial score (nSPS) is 13.6. The lowest BCUT2D eigenvalue weighted by atomic mass is 10.2. The molecule has 1 atom stereocenters. The average molecular weight is 185 g/mol. The summed E-state index contributed by atoms with van der Waals surface area (Å²) < 4.78 is 4.83. The summed E-state index contributed by atoms with van der Waals surface area (Å²) in [5.41, 5.74) is 0. The van der Waals surface area contributed by atoms with Crippen molar-refractivity contribution in [2.24, 2.45) is 16.8 Å². The van der Waals surface area contributed by atoms with E-state index < -0.39 is 0 Å². The topological polar surface area (TPSA) is 38.7 Å². The fourth-order valence-corrected chi connectivity index (χ4v) is 0.764. The second kappa shape index (κ2) is 6.63. The van der Waals surface area contributed by atoms with Gasteiger partial charge in [0, 0.05) is 12.8 Å². The van der Waals surface area contributed by atoms with Crippen LogP contribution < -0.4 is 0 Å². The Morgan fingerprint density at radius 2 is 2.08 bits per heavy atom. The fourth-order valence-electron chi connectivity index (χ4n) is 0.764. The number of ether oxygens (including phenoxy) is 1. The Labute approximate surface area is 80.2 Å². The second-order valence-electron chi connectivity index (χ2n) is 3.45. The molecule has 13 heavy (non-hydrogen) atoms. The zero-order chi connectivity index (χ0) is 10.3. The minimum atomic E-state index is -0.223. The van der Waals surface area contributed by atoms with E-state index in [1.807, 2.05) is 0 Å². The quantitative estimate of drug-likeness (QED) is 0.485. The van der Waals surface area contributed by atoms with Gasteiger partial charge in [0.2, 0.25) is 0 Å². The smallest absolute Gasteiger partial charge is 0.314 e. The first kappa shape index (κ1) is 12.1. The van der Waals surface area contributed by atoms with E-state index in [-0.39, 0.29) is 11.9 Å². The van der Waals surface area contributed by atoms with Gasteiger partial charge in [-0.2, -0.15) is 0 Å². The highest BCUT2D eigenvalue weighted by atomic mass is 16.5. The van der Waals surface area contributed by atoms with Crippen LogP contribution in [-0.4, -0.2) is 25.3 Å². The molecule has 0 rings (SSSR count). The molecule has 0 aromatic heterocycles. The lowest BCUT2D eigenvalue weighted by Gasteiger charge is -2.05. The highest BCUT2D eigenvalue weighted by Gasteiger charge is 2.10. The molecule has 1 unspecified atom stereocenters. The molecule has 0 fully saturated rings. The van der Waals surface area contributed by atoms with Crippen molar-refractivity contribution in [1.82, 2.24) is 0 Å². The van der Waals surface area contributed by atoms with Crippen LogP contribution in [-0.2, 0) is 9.53 Å². The number of carbonyl (C=O) groups is 1. The van der Waals surface area contributed by atoms with E-state index in [4.69, 9.17) is 4.74 Å². The van der Waals surface area contributed by atoms with Crippen LogP contribution in [0.2, 0.25) is 0 Å². The first-order valence-electron chi connectivity index (χ1n) is 4.74. The summed E-state index contributed by atoms with van der Waals surface area (Å²) >= 11 is 0. The van der Waals surface area contributed by atoms with Gasteiger partial charge in [0.15, 0.2) is 0 Å². The molecule has 3 nitrogen and oxygen atoms in total. The zero-order valence-electron chi connectivity index (χ0n) is 8.91. The van der Waals surface area contributed by atoms with Crippen molar-refractivity contribution in [3.05, 3.63) is 0 Å². The summed E-state index contributed by atoms with van der Waals surface area (Å²) in [6.45, 7) is 8.97. The third kappa shape index (κ3) is 6.31. The molecule has 0 radical (unpaired) electrons. The standard InChI is InChI=1S/C10H19NO2/c1-5-13-10(12)9(4)7-11-6-8(2)3/h7-9H,5-6H2,1-4H3. The molecule has 0 heterocycles. The molecule has 0 aliphatic carbocycles. The van der Waals surface area contributed by atoms with Gasteiger partial charge < -0.3 is 4.74 Å². The van der Waals surface area contributed by atoms with Crippen molar-refractivity contribution >= 4 is 12.2 Å². The summed E-state index contributed by atoms with van der Waals surface area (Å²) in [6, 6.07) is 0. The number of aliphatic imine (C=N–C) groups is 1. The third-order valence-corrected chi connectivity index (χ3v) is 1.46. The molecule has 0 aromatic carbocycles. The number of hydrogen-bond donors (Lipinski definition) is 0. The van der Waals surface area contributed by atoms with Gasteiger partial charge in [-0.05, 0) is 19.8 Å². The summed E-state index contributed by atoms with van der Waals surface area (Å²) in [5.74, 6) is 0.111. The molecule has 0 aliphatic rings. The van der Waals surface area contributed by atoms with Crippen LogP contribution in [0, 0.1) is 11.8 Å². The molecular weight excluding hydrogens is 166 g/mol. The Kier molecular flexibility index (Phi) is 6.20. The lowest BCUT2D eigenvalue weighted by molar-refractivity contribution is -0.144. The van der Waals surface area contributed by atoms with Gasteiger partial charge in [-0.3, -0.25) is 9.79 Å². The highest BCUT2D eigenvalue weighted by molar-refractivity contribution is 5.89. The maximum atomic E-state index is 11.1. The lowest BCUT2D eigenvalue weighted by Crippen LogP contribution is -2.16. The van der Waals surface area contributed by atoms with Crippen LogP contribution >= 0.6 is 0 Å². The zero-order valence-corrected chi connectivity index (χ0v) is 8.91. The summed E-state index contributed by atoms with van der Waals surface area (Å²) in [4.78, 5) is 15.3. The van der Waals surface area contributed by atoms with Crippen molar-refractivity contribution in [2.45, 2.75) is 27.7 Å². The van der Waals surface area contributed by atoms with Crippen molar-refractivity contribution in [3.63, 3.8) is 0 Å². The van der Waals surface area contributed by atoms with Gasteiger partial charge >= 0.3 is 5.97 Å². The average Bonchev–Trinajstić information content (AvgIpc) is 2.04. The fraction of sp³-hybridized carbons (Fsp3) is 0.800. The molecule has 0 aromatic rings. The number of rotatable bonds is 5. The molecule has 0 spiro atoms. The molecule has 0 aliphatic heterocycles. The summed E-state index contributed by atoms with van der Waals surface area (Å²) in [7, 11) is 0. The van der Waals surface area contributed by atoms with Crippen LogP contribution in [0.5, 0.6) is 0 Å². The van der Waals surface area contributed by atoms with Crippen molar-refractivity contribution in [1.29, 1.82) is 0 Å². The van der Waals surface area contributed by atoms with Gasteiger partial charge in [-0.15, -0.1) is 0 Å². The minimum absolute atomic E-state index is 0.199. The third-order valence-electron chi connectivity index (χ3n) is 1.46. The Morgan fingerprint density at radius 1 is 1.46 bits per heavy atom. The van der Waals surface area contributed by atoms with E-state index >= 15 is 0 Å². The molecule has 3 heteroatoms. The largest absolute Gasteiger partial charge is 0.466 e. The molecule has 76 valence electrons. The molecule has 0 bridgehead atoms. The highest BCUT2D eigenvalue weighted by Crippen LogP contribution is 1.97. The van der Waals surface area contributed by atoms with E-state index in [0.29, 0.717) is 12.5 Å². The van der Waals surface area contributed by atoms with E-state index in [9.17, 15) is 4.79 Å². The molecule has 0 saturated carbocycles. The van der Waals surface area contributed by atoms with Crippen LogP contribution in [0.15, 0.2) is 4.99 Å². The Morgan fingerprint density at radius 3 is 2.54 bits per heavy atom. The predicted octanol–water partition coefficient (Wildman–Crippen LogP) is 1.91. The van der Waals surface area contributed by atoms with Crippen LogP contribution in [0.1, 0.15) is 27.7 Å². The van der Waals surface area contributed by atoms with Gasteiger partial charge in [0.05, 0.1) is 12.5 Å². The van der Waals surface area contributed by atoms with Gasteiger partial charge in [0.25, 0.3) is 0 Å². The molecule has 0 amide bonds. The molecule has 0 N–H and O–H groups in total. The van der Waals surface area contributed by atoms with E-state index in [1.54, 1.807) is 20.1 Å². The minimum Gasteiger partial charge on any atom is -0.466 e. The van der Waals surface area contributed by atoms with Gasteiger partial charge in [-0.1, -0.05) is 13.8 Å². The van der Waals surface area contributed by atoms with E-state index in [0.717, 1.165) is 6.54 Å². The maximum absolute atomic E-state index is 11.1. The van der Waals surface area contributed by atoms with Gasteiger partial charge in [-0.25, -0.2) is 0 Å². The maximum Gasteiger partial charge on any atom is 0.314 e. The van der Waals surface area contributed by atoms with Crippen molar-refractivity contribution < 1.29 is 9.53 Å². The predicted molar refractivity (Wildman–Crippen MR) is 54.0 cm³/mol. The summed E-state index contributed by atoms with van der Waals surface area (Å²) in [6.07, 6.45) is 1.66. The number of nitrogens with zero attached hydrogens (tertiary/aromatic N) is 1. The van der Waals surface area contributed by atoms with Crippen molar-refractivity contribution in [2.75, 3.05) is 13.2 Å². The second-order valence-corrected chi connectivity index (χ2v) is 3.45. The molecule has 0 saturated heterocycles. The Balaban J connectivity index is 3.77. The molecular formula is C10H19NO2. The van der Waals surface area contributed by atoms with Gasteiger partial charge in [0.1, 0.15) is 0 Å². The van der Waals surface area contributed by atoms with Crippen LogP contribution in [0.4, 0.5) is 0 Å². The van der Waals surface area contributed by atoms with Crippen LogP contribution in [0.3, 0.4) is 0 Å². The number of esters is 1. The Hall–Kier alpha value is -0.860. The number of carbonyl (C=O) groups excluding carboxylic acids is 1. The van der Waals surface area contributed by atoms with Crippen LogP contribution in [0.25, 0.3) is 0 Å². The first-order valence-corrected chi connectivity index (χ1v) is 4.74. The van der Waals surface area contributed by atoms with E-state index in [1.165, 1.54) is 0 Å². The Bertz CT molecular complexity index is 176. The monoisotopic (exact) mass is 185 g/mol. The van der Waals surface area contributed by atoms with E-state index in [2.05, 4.69) is 18.8 Å².